The van der Waals surface area contributed by atoms with Gasteiger partial charge in [-0.25, -0.2) is 5.43 Å². The summed E-state index contributed by atoms with van der Waals surface area (Å²) < 4.78 is 0. The Morgan fingerprint density at radius 1 is 1.50 bits per heavy atom. The van der Waals surface area contributed by atoms with Crippen molar-refractivity contribution in [3.63, 3.8) is 0 Å². The van der Waals surface area contributed by atoms with Crippen molar-refractivity contribution in [2.75, 3.05) is 13.6 Å². The van der Waals surface area contributed by atoms with Crippen molar-refractivity contribution in [3.8, 4) is 0 Å². The van der Waals surface area contributed by atoms with Crippen molar-refractivity contribution in [3.05, 3.63) is 35.6 Å². The van der Waals surface area contributed by atoms with Crippen molar-refractivity contribution in [1.29, 1.82) is 0 Å². The van der Waals surface area contributed by atoms with Gasteiger partial charge in [-0.05, 0) is 18.2 Å². The van der Waals surface area contributed by atoms with Crippen LogP contribution < -0.4 is 16.2 Å². The van der Waals surface area contributed by atoms with Gasteiger partial charge in [-0.3, -0.25) is 0 Å². The van der Waals surface area contributed by atoms with Gasteiger partial charge in [0.15, 0.2) is 0 Å². The molecule has 0 aromatic rings. The van der Waals surface area contributed by atoms with Crippen molar-refractivity contribution in [1.82, 2.24) is 16.2 Å². The highest BCUT2D eigenvalue weighted by molar-refractivity contribution is 5.42. The van der Waals surface area contributed by atoms with Gasteiger partial charge < -0.3 is 10.7 Å². The van der Waals surface area contributed by atoms with E-state index in [4.69, 9.17) is 0 Å². The highest BCUT2D eigenvalue weighted by atomic mass is 15.4. The van der Waals surface area contributed by atoms with E-state index in [-0.39, 0.29) is 0 Å². The zero-order valence-electron chi connectivity index (χ0n) is 7.09. The predicted octanol–water partition coefficient (Wildman–Crippen LogP) is 0.0623. The summed E-state index contributed by atoms with van der Waals surface area (Å²) in [5.74, 6) is 0. The molecule has 0 aromatic heterocycles. The molecule has 1 atom stereocenters. The summed E-state index contributed by atoms with van der Waals surface area (Å²) in [6, 6.07) is 0.360. The highest BCUT2D eigenvalue weighted by Crippen LogP contribution is 2.17. The van der Waals surface area contributed by atoms with Gasteiger partial charge in [0.2, 0.25) is 0 Å². The lowest BCUT2D eigenvalue weighted by atomic mass is 9.99. The van der Waals surface area contributed by atoms with E-state index in [0.29, 0.717) is 6.04 Å². The maximum atomic E-state index is 3.15. The van der Waals surface area contributed by atoms with Crippen LogP contribution in [0, 0.1) is 0 Å². The quantitative estimate of drug-likeness (QED) is 0.539. The van der Waals surface area contributed by atoms with Crippen molar-refractivity contribution in [2.45, 2.75) is 6.04 Å². The molecule has 0 aromatic carbocycles. The fraction of sp³-hybridized carbons (Fsp3) is 0.333. The second kappa shape index (κ2) is 3.13. The van der Waals surface area contributed by atoms with Crippen LogP contribution in [0.15, 0.2) is 35.6 Å². The minimum Gasteiger partial charge on any atom is -0.328 e. The number of hydrogen-bond donors (Lipinski definition) is 3. The Morgan fingerprint density at radius 2 is 2.42 bits per heavy atom. The summed E-state index contributed by atoms with van der Waals surface area (Å²) >= 11 is 0. The molecule has 0 fully saturated rings. The molecule has 3 nitrogen and oxygen atoms in total. The minimum absolute atomic E-state index is 0.360. The molecule has 0 saturated carbocycles. The Labute approximate surface area is 72.2 Å². The molecule has 3 N–H and O–H groups in total. The van der Waals surface area contributed by atoms with Gasteiger partial charge in [0.25, 0.3) is 0 Å². The third-order valence-corrected chi connectivity index (χ3v) is 2.09. The van der Waals surface area contributed by atoms with E-state index < -0.39 is 0 Å². The van der Waals surface area contributed by atoms with E-state index in [9.17, 15) is 0 Å². The SMILES string of the molecule is CNCC1=CC2NNC=C2C=C1. The van der Waals surface area contributed by atoms with Gasteiger partial charge in [0.05, 0.1) is 6.04 Å². The average molecular weight is 163 g/mol. The maximum absolute atomic E-state index is 3.15. The Balaban J connectivity index is 2.12. The van der Waals surface area contributed by atoms with E-state index in [1.165, 1.54) is 11.1 Å². The van der Waals surface area contributed by atoms with E-state index in [1.807, 2.05) is 13.2 Å². The monoisotopic (exact) mass is 163 g/mol. The lowest BCUT2D eigenvalue weighted by Gasteiger charge is -2.14. The van der Waals surface area contributed by atoms with Crippen LogP contribution in [0.25, 0.3) is 0 Å². The summed E-state index contributed by atoms with van der Waals surface area (Å²) in [5.41, 5.74) is 8.78. The van der Waals surface area contributed by atoms with Crippen LogP contribution in [0.2, 0.25) is 0 Å². The molecule has 0 bridgehead atoms. The van der Waals surface area contributed by atoms with Crippen LogP contribution >= 0.6 is 0 Å². The largest absolute Gasteiger partial charge is 0.328 e. The molecule has 0 saturated heterocycles. The van der Waals surface area contributed by atoms with E-state index in [2.05, 4.69) is 34.4 Å². The second-order valence-corrected chi connectivity index (χ2v) is 3.02. The van der Waals surface area contributed by atoms with Crippen LogP contribution in [0.4, 0.5) is 0 Å². The third-order valence-electron chi connectivity index (χ3n) is 2.09. The number of nitrogens with one attached hydrogen (secondary N) is 3. The average Bonchev–Trinajstić information content (AvgIpc) is 2.51. The van der Waals surface area contributed by atoms with Gasteiger partial charge >= 0.3 is 0 Å². The van der Waals surface area contributed by atoms with Gasteiger partial charge in [-0.2, -0.15) is 0 Å². The summed E-state index contributed by atoms with van der Waals surface area (Å²) in [5, 5.41) is 3.13. The zero-order valence-corrected chi connectivity index (χ0v) is 7.09. The van der Waals surface area contributed by atoms with Gasteiger partial charge in [0, 0.05) is 12.7 Å². The molecule has 0 amide bonds. The number of likely N-dealkylation sites (N-methyl/N-ethyl adjacent to an activating group) is 1. The molecule has 0 radical (unpaired) electrons. The Hall–Kier alpha value is -1.06. The van der Waals surface area contributed by atoms with Gasteiger partial charge in [-0.15, -0.1) is 0 Å². The highest BCUT2D eigenvalue weighted by Gasteiger charge is 2.16. The lowest BCUT2D eigenvalue weighted by Crippen LogP contribution is -2.31. The van der Waals surface area contributed by atoms with E-state index in [1.54, 1.807) is 0 Å². The van der Waals surface area contributed by atoms with Crippen LogP contribution in [0.1, 0.15) is 0 Å². The van der Waals surface area contributed by atoms with E-state index >= 15 is 0 Å². The number of fused-ring (bicyclic) bond motifs is 1. The molecule has 1 aliphatic heterocycles. The number of hydrogen-bond acceptors (Lipinski definition) is 3. The molecule has 3 heteroatoms. The van der Waals surface area contributed by atoms with Crippen molar-refractivity contribution < 1.29 is 0 Å². The van der Waals surface area contributed by atoms with E-state index in [0.717, 1.165) is 6.54 Å². The number of rotatable bonds is 2. The summed E-state index contributed by atoms with van der Waals surface area (Å²) in [7, 11) is 1.96. The predicted molar refractivity (Wildman–Crippen MR) is 49.3 cm³/mol. The molecular formula is C9H13N3. The number of hydrazine groups is 1. The van der Waals surface area contributed by atoms with Crippen LogP contribution in [0.5, 0.6) is 0 Å². The molecule has 1 heterocycles. The first-order valence-electron chi connectivity index (χ1n) is 4.14. The van der Waals surface area contributed by atoms with Crippen LogP contribution in [-0.4, -0.2) is 19.6 Å². The molecule has 64 valence electrons. The van der Waals surface area contributed by atoms with Gasteiger partial charge in [-0.1, -0.05) is 18.2 Å². The lowest BCUT2D eigenvalue weighted by molar-refractivity contribution is 0.645. The Morgan fingerprint density at radius 3 is 3.25 bits per heavy atom. The standard InChI is InChI=1S/C9H13N3/c1-10-5-7-2-3-8-6-11-12-9(8)4-7/h2-4,6,9-12H,5H2,1H3. The van der Waals surface area contributed by atoms with Gasteiger partial charge in [0.1, 0.15) is 0 Å². The first kappa shape index (κ1) is 7.58. The van der Waals surface area contributed by atoms with Crippen LogP contribution in [-0.2, 0) is 0 Å². The first-order chi connectivity index (χ1) is 5.90. The first-order valence-corrected chi connectivity index (χ1v) is 4.14. The summed E-state index contributed by atoms with van der Waals surface area (Å²) in [6.45, 7) is 0.932. The smallest absolute Gasteiger partial charge is 0.0711 e. The fourth-order valence-electron chi connectivity index (χ4n) is 1.47. The molecule has 1 unspecified atom stereocenters. The second-order valence-electron chi connectivity index (χ2n) is 3.02. The molecule has 2 aliphatic rings. The summed E-state index contributed by atoms with van der Waals surface area (Å²) in [4.78, 5) is 0. The third kappa shape index (κ3) is 1.29. The molecule has 12 heavy (non-hydrogen) atoms. The topological polar surface area (TPSA) is 36.1 Å². The Kier molecular flexibility index (Phi) is 1.98. The minimum atomic E-state index is 0.360. The molecular weight excluding hydrogens is 150 g/mol. The summed E-state index contributed by atoms with van der Waals surface area (Å²) in [6.07, 6.45) is 8.51. The Bertz CT molecular complexity index is 263. The van der Waals surface area contributed by atoms with Crippen LogP contribution in [0.3, 0.4) is 0 Å². The normalized spacial score (nSPS) is 25.9. The van der Waals surface area contributed by atoms with Crippen molar-refractivity contribution >= 4 is 0 Å². The fourth-order valence-corrected chi connectivity index (χ4v) is 1.47. The maximum Gasteiger partial charge on any atom is 0.0711 e. The zero-order chi connectivity index (χ0) is 8.39. The molecule has 1 aliphatic carbocycles. The molecule has 2 rings (SSSR count). The molecule has 0 spiro atoms. The van der Waals surface area contributed by atoms with Crippen molar-refractivity contribution in [2.24, 2.45) is 0 Å².